The summed E-state index contributed by atoms with van der Waals surface area (Å²) < 4.78 is 0. The largest absolute Gasteiger partial charge is 0.340 e. The highest BCUT2D eigenvalue weighted by Crippen LogP contribution is 2.21. The summed E-state index contributed by atoms with van der Waals surface area (Å²) in [6, 6.07) is 11.9. The molecule has 32 heavy (non-hydrogen) atoms. The Hall–Kier alpha value is -1.73. The molecule has 172 valence electrons. The van der Waals surface area contributed by atoms with Crippen molar-refractivity contribution in [3.8, 4) is 0 Å². The first-order chi connectivity index (χ1) is 15.5. The first kappa shape index (κ1) is 24.9. The molecule has 1 aliphatic heterocycles. The zero-order chi connectivity index (χ0) is 22.9. The average molecular weight is 494 g/mol. The first-order valence-corrected chi connectivity index (χ1v) is 13.0. The van der Waals surface area contributed by atoms with Gasteiger partial charge in [-0.2, -0.15) is 11.8 Å². The van der Waals surface area contributed by atoms with Gasteiger partial charge in [-0.15, -0.1) is 0 Å². The predicted octanol–water partition coefficient (Wildman–Crippen LogP) is 5.47. The van der Waals surface area contributed by atoms with Gasteiger partial charge >= 0.3 is 0 Å². The SMILES string of the molecule is CSCCC(NC(=O)c1ccc(Cl)cc1Cl)C(=O)Nc1cccc(CN2CCCCC2)c1. The van der Waals surface area contributed by atoms with Crippen LogP contribution in [0.5, 0.6) is 0 Å². The lowest BCUT2D eigenvalue weighted by molar-refractivity contribution is -0.118. The lowest BCUT2D eigenvalue weighted by Gasteiger charge is -2.26. The number of anilines is 1. The van der Waals surface area contributed by atoms with Crippen molar-refractivity contribution in [1.29, 1.82) is 0 Å². The monoisotopic (exact) mass is 493 g/mol. The third kappa shape index (κ3) is 7.41. The Morgan fingerprint density at radius 1 is 1.09 bits per heavy atom. The minimum Gasteiger partial charge on any atom is -0.340 e. The molecular formula is C24H29Cl2N3O2S. The average Bonchev–Trinajstić information content (AvgIpc) is 2.77. The normalized spacial score (nSPS) is 15.2. The summed E-state index contributed by atoms with van der Waals surface area (Å²) >= 11 is 13.7. The van der Waals surface area contributed by atoms with Crippen LogP contribution in [-0.2, 0) is 11.3 Å². The second-order valence-corrected chi connectivity index (χ2v) is 9.79. The maximum atomic E-state index is 13.0. The summed E-state index contributed by atoms with van der Waals surface area (Å²) in [5.74, 6) is 0.0983. The van der Waals surface area contributed by atoms with Crippen molar-refractivity contribution in [1.82, 2.24) is 10.2 Å². The molecule has 1 saturated heterocycles. The standard InChI is InChI=1S/C24H29Cl2N3O2S/c1-32-13-10-22(28-23(30)20-9-8-18(25)15-21(20)26)24(31)27-19-7-5-6-17(14-19)16-29-11-3-2-4-12-29/h5-9,14-15,22H,2-4,10-13,16H2,1H3,(H,27,31)(H,28,30). The molecule has 1 heterocycles. The summed E-state index contributed by atoms with van der Waals surface area (Å²) in [6.07, 6.45) is 6.26. The van der Waals surface area contributed by atoms with E-state index in [1.165, 1.54) is 30.9 Å². The summed E-state index contributed by atoms with van der Waals surface area (Å²) in [4.78, 5) is 28.2. The smallest absolute Gasteiger partial charge is 0.253 e. The maximum absolute atomic E-state index is 13.0. The van der Waals surface area contributed by atoms with Crippen LogP contribution in [-0.4, -0.2) is 47.9 Å². The quantitative estimate of drug-likeness (QED) is 0.486. The Morgan fingerprint density at radius 3 is 2.59 bits per heavy atom. The Balaban J connectivity index is 1.66. The number of benzene rings is 2. The summed E-state index contributed by atoms with van der Waals surface area (Å²) in [5.41, 5.74) is 2.20. The topological polar surface area (TPSA) is 61.4 Å². The minimum atomic E-state index is -0.674. The van der Waals surface area contributed by atoms with Crippen LogP contribution in [0.25, 0.3) is 0 Å². The van der Waals surface area contributed by atoms with Gasteiger partial charge in [0.05, 0.1) is 10.6 Å². The molecule has 2 N–H and O–H groups in total. The van der Waals surface area contributed by atoms with Crippen LogP contribution >= 0.6 is 35.0 Å². The zero-order valence-corrected chi connectivity index (χ0v) is 20.5. The van der Waals surface area contributed by atoms with Crippen molar-refractivity contribution < 1.29 is 9.59 Å². The molecule has 3 rings (SSSR count). The molecule has 0 spiro atoms. The van der Waals surface area contributed by atoms with Gasteiger partial charge in [-0.05, 0) is 80.3 Å². The first-order valence-electron chi connectivity index (χ1n) is 10.8. The van der Waals surface area contributed by atoms with Crippen LogP contribution in [0.1, 0.15) is 41.6 Å². The molecule has 0 aliphatic carbocycles. The van der Waals surface area contributed by atoms with E-state index < -0.39 is 11.9 Å². The van der Waals surface area contributed by atoms with E-state index in [4.69, 9.17) is 23.2 Å². The number of piperidine rings is 1. The van der Waals surface area contributed by atoms with E-state index in [1.807, 2.05) is 24.5 Å². The van der Waals surface area contributed by atoms with Crippen LogP contribution in [0.3, 0.4) is 0 Å². The predicted molar refractivity (Wildman–Crippen MR) is 135 cm³/mol. The van der Waals surface area contributed by atoms with Crippen LogP contribution in [0, 0.1) is 0 Å². The van der Waals surface area contributed by atoms with Crippen LogP contribution in [0.2, 0.25) is 10.0 Å². The molecular weight excluding hydrogens is 465 g/mol. The fourth-order valence-corrected chi connectivity index (χ4v) is 4.73. The molecule has 1 aliphatic rings. The molecule has 0 aromatic heterocycles. The van der Waals surface area contributed by atoms with Gasteiger partial charge in [0.2, 0.25) is 5.91 Å². The van der Waals surface area contributed by atoms with Gasteiger partial charge in [0.25, 0.3) is 5.91 Å². The van der Waals surface area contributed by atoms with Crippen LogP contribution in [0.15, 0.2) is 42.5 Å². The molecule has 2 aromatic carbocycles. The van der Waals surface area contributed by atoms with Crippen molar-refractivity contribution in [2.75, 3.05) is 30.4 Å². The highest BCUT2D eigenvalue weighted by molar-refractivity contribution is 7.98. The molecule has 0 saturated carbocycles. The fourth-order valence-electron chi connectivity index (χ4n) is 3.77. The molecule has 0 radical (unpaired) electrons. The number of thioether (sulfide) groups is 1. The summed E-state index contributed by atoms with van der Waals surface area (Å²) in [7, 11) is 0. The minimum absolute atomic E-state index is 0.243. The number of halogens is 2. The summed E-state index contributed by atoms with van der Waals surface area (Å²) in [5, 5.41) is 6.51. The van der Waals surface area contributed by atoms with Crippen molar-refractivity contribution >= 4 is 52.5 Å². The number of likely N-dealkylation sites (tertiary alicyclic amines) is 1. The maximum Gasteiger partial charge on any atom is 0.253 e. The number of nitrogens with one attached hydrogen (secondary N) is 2. The Bertz CT molecular complexity index is 935. The van der Waals surface area contributed by atoms with E-state index in [0.29, 0.717) is 17.0 Å². The third-order valence-corrected chi connectivity index (χ3v) is 6.65. The van der Waals surface area contributed by atoms with Gasteiger partial charge in [-0.3, -0.25) is 14.5 Å². The van der Waals surface area contributed by atoms with E-state index in [9.17, 15) is 9.59 Å². The van der Waals surface area contributed by atoms with E-state index in [2.05, 4.69) is 21.6 Å². The molecule has 0 bridgehead atoms. The number of carbonyl (C=O) groups is 2. The van der Waals surface area contributed by atoms with E-state index in [1.54, 1.807) is 23.9 Å². The van der Waals surface area contributed by atoms with Crippen LogP contribution < -0.4 is 10.6 Å². The van der Waals surface area contributed by atoms with Gasteiger partial charge in [0.15, 0.2) is 0 Å². The molecule has 1 unspecified atom stereocenters. The number of nitrogens with zero attached hydrogens (tertiary/aromatic N) is 1. The van der Waals surface area contributed by atoms with Gasteiger partial charge in [-0.25, -0.2) is 0 Å². The molecule has 2 amide bonds. The number of rotatable bonds is 9. The highest BCUT2D eigenvalue weighted by atomic mass is 35.5. The van der Waals surface area contributed by atoms with Crippen molar-refractivity contribution in [3.05, 3.63) is 63.6 Å². The number of hydrogen-bond acceptors (Lipinski definition) is 4. The van der Waals surface area contributed by atoms with E-state index >= 15 is 0 Å². The molecule has 5 nitrogen and oxygen atoms in total. The molecule has 1 atom stereocenters. The van der Waals surface area contributed by atoms with Gasteiger partial charge in [0.1, 0.15) is 6.04 Å². The Labute approximate surface area is 204 Å². The highest BCUT2D eigenvalue weighted by Gasteiger charge is 2.23. The van der Waals surface area contributed by atoms with E-state index in [-0.39, 0.29) is 10.9 Å². The third-order valence-electron chi connectivity index (χ3n) is 5.46. The molecule has 1 fully saturated rings. The van der Waals surface area contributed by atoms with Crippen LogP contribution in [0.4, 0.5) is 5.69 Å². The van der Waals surface area contributed by atoms with Crippen molar-refractivity contribution in [3.63, 3.8) is 0 Å². The number of carbonyl (C=O) groups excluding carboxylic acids is 2. The molecule has 2 aromatic rings. The Morgan fingerprint density at radius 2 is 1.88 bits per heavy atom. The van der Waals surface area contributed by atoms with Gasteiger partial charge in [0, 0.05) is 17.3 Å². The van der Waals surface area contributed by atoms with Crippen molar-refractivity contribution in [2.45, 2.75) is 38.3 Å². The van der Waals surface area contributed by atoms with Gasteiger partial charge < -0.3 is 10.6 Å². The number of amides is 2. The Kier molecular flexibility index (Phi) is 9.72. The molecule has 8 heteroatoms. The lowest BCUT2D eigenvalue weighted by atomic mass is 10.1. The zero-order valence-electron chi connectivity index (χ0n) is 18.2. The number of hydrogen-bond donors (Lipinski definition) is 2. The second kappa shape index (κ2) is 12.5. The van der Waals surface area contributed by atoms with Gasteiger partial charge in [-0.1, -0.05) is 41.8 Å². The van der Waals surface area contributed by atoms with E-state index in [0.717, 1.165) is 31.1 Å². The summed E-state index contributed by atoms with van der Waals surface area (Å²) in [6.45, 7) is 3.12. The van der Waals surface area contributed by atoms with Crippen molar-refractivity contribution in [2.24, 2.45) is 0 Å². The second-order valence-electron chi connectivity index (χ2n) is 7.96. The lowest BCUT2D eigenvalue weighted by Crippen LogP contribution is -2.44. The fraction of sp³-hybridized carbons (Fsp3) is 0.417.